The van der Waals surface area contributed by atoms with Crippen LogP contribution >= 0.6 is 11.3 Å². The van der Waals surface area contributed by atoms with Crippen molar-refractivity contribution in [1.82, 2.24) is 0 Å². The molecule has 0 fully saturated rings. The lowest BCUT2D eigenvalue weighted by atomic mass is 9.70. The number of rotatable bonds is 4. The molecule has 0 aliphatic heterocycles. The van der Waals surface area contributed by atoms with Gasteiger partial charge in [0.2, 0.25) is 0 Å². The lowest BCUT2D eigenvalue weighted by molar-refractivity contribution is 0.661. The number of hydrogen-bond donors (Lipinski definition) is 0. The molecule has 3 aliphatic rings. The van der Waals surface area contributed by atoms with Crippen molar-refractivity contribution in [3.05, 3.63) is 270 Å². The highest BCUT2D eigenvalue weighted by Gasteiger charge is 2.51. The molecular formula is C70H45NS. The summed E-state index contributed by atoms with van der Waals surface area (Å²) in [7, 11) is 0. The molecule has 0 N–H and O–H groups in total. The van der Waals surface area contributed by atoms with Crippen molar-refractivity contribution in [1.29, 1.82) is 0 Å². The van der Waals surface area contributed by atoms with E-state index < -0.39 is 0 Å². The Bertz CT molecular complexity index is 4450. The molecule has 72 heavy (non-hydrogen) atoms. The average Bonchev–Trinajstić information content (AvgIpc) is 4.12. The molecule has 0 saturated heterocycles. The van der Waals surface area contributed by atoms with E-state index in [2.05, 4.69) is 255 Å². The quantitative estimate of drug-likeness (QED) is 0.159. The molecule has 0 unspecified atom stereocenters. The van der Waals surface area contributed by atoms with E-state index in [1.54, 1.807) is 0 Å². The Hall–Kier alpha value is -8.56. The molecule has 12 aromatic carbocycles. The molecule has 3 aliphatic carbocycles. The second kappa shape index (κ2) is 14.5. The number of benzene rings is 12. The maximum Gasteiger partial charge on any atom is 0.0725 e. The first-order valence-corrected chi connectivity index (χ1v) is 26.0. The van der Waals surface area contributed by atoms with Crippen LogP contribution in [0, 0.1) is 0 Å². The number of hydrogen-bond acceptors (Lipinski definition) is 2. The van der Waals surface area contributed by atoms with Gasteiger partial charge in [-0.25, -0.2) is 0 Å². The zero-order valence-electron chi connectivity index (χ0n) is 39.9. The van der Waals surface area contributed by atoms with Crippen molar-refractivity contribution in [2.75, 3.05) is 4.90 Å². The van der Waals surface area contributed by atoms with Crippen LogP contribution in [0.15, 0.2) is 237 Å². The third kappa shape index (κ3) is 5.27. The van der Waals surface area contributed by atoms with Crippen LogP contribution in [0.4, 0.5) is 17.1 Å². The van der Waals surface area contributed by atoms with Gasteiger partial charge in [-0.2, -0.15) is 0 Å². The predicted molar refractivity (Wildman–Crippen MR) is 306 cm³/mol. The third-order valence-electron chi connectivity index (χ3n) is 16.9. The zero-order chi connectivity index (χ0) is 47.5. The summed E-state index contributed by atoms with van der Waals surface area (Å²) in [5.74, 6) is 0. The SMILES string of the molecule is CC1(C)c2ccc(-c3ccc(N(c4ccc5c(c4)-c4ccccc4C54c5ccccc5-c5ccccc54)c4ccc5sc6ccccc6c5c4)cc3)cc2-c2cc3c4ccccc4c4ccccc4c3cc21. The highest BCUT2D eigenvalue weighted by Crippen LogP contribution is 2.63. The van der Waals surface area contributed by atoms with Crippen LogP contribution in [-0.2, 0) is 10.8 Å². The fourth-order valence-corrected chi connectivity index (χ4v) is 14.7. The fraction of sp³-hybridized carbons (Fsp3) is 0.0571. The highest BCUT2D eigenvalue weighted by molar-refractivity contribution is 7.25. The second-order valence-corrected chi connectivity index (χ2v) is 21.8. The first-order chi connectivity index (χ1) is 35.4. The molecule has 13 aromatic rings. The molecule has 0 saturated carbocycles. The standard InChI is InChI=1S/C70H45NS/c1-69(2)61-34-29-43(37-57(61)59-40-55-49-17-5-3-15-47(49)48-16-4-6-18-50(48)56(55)41-66(59)69)42-27-30-44(31-28-42)71(46-33-36-68-60(39-46)54-22-10-14-26-67(54)72-68)45-32-35-65-58(38-45)53-21-9-13-25-64(53)70(65)62-23-11-7-19-51(62)52-20-8-12-24-63(52)70/h3-41H,1-2H3. The van der Waals surface area contributed by atoms with Crippen LogP contribution in [0.25, 0.3) is 97.0 Å². The Morgan fingerprint density at radius 2 is 0.722 bits per heavy atom. The van der Waals surface area contributed by atoms with Crippen LogP contribution in [-0.4, -0.2) is 0 Å². The summed E-state index contributed by atoms with van der Waals surface area (Å²) in [6.07, 6.45) is 0. The molecule has 1 nitrogen and oxygen atoms in total. The summed E-state index contributed by atoms with van der Waals surface area (Å²) in [5, 5.41) is 10.5. The van der Waals surface area contributed by atoms with Crippen molar-refractivity contribution < 1.29 is 0 Å². The zero-order valence-corrected chi connectivity index (χ0v) is 40.7. The fourth-order valence-electron chi connectivity index (χ4n) is 13.7. The predicted octanol–water partition coefficient (Wildman–Crippen LogP) is 19.3. The number of thiophene rings is 1. The highest BCUT2D eigenvalue weighted by atomic mass is 32.1. The Balaban J connectivity index is 0.852. The van der Waals surface area contributed by atoms with Crippen LogP contribution < -0.4 is 4.90 Å². The van der Waals surface area contributed by atoms with Gasteiger partial charge < -0.3 is 4.90 Å². The molecule has 1 aromatic heterocycles. The van der Waals surface area contributed by atoms with Gasteiger partial charge in [-0.3, -0.25) is 0 Å². The number of nitrogens with zero attached hydrogens (tertiary/aromatic N) is 1. The molecule has 0 amide bonds. The van der Waals surface area contributed by atoms with E-state index in [0.717, 1.165) is 17.1 Å². The maximum atomic E-state index is 2.50. The van der Waals surface area contributed by atoms with E-state index in [0.29, 0.717) is 0 Å². The van der Waals surface area contributed by atoms with E-state index in [1.165, 1.54) is 130 Å². The minimum Gasteiger partial charge on any atom is -0.310 e. The maximum absolute atomic E-state index is 2.50. The largest absolute Gasteiger partial charge is 0.310 e. The minimum absolute atomic E-state index is 0.135. The summed E-state index contributed by atoms with van der Waals surface area (Å²) in [4.78, 5) is 2.47. The molecule has 16 rings (SSSR count). The first kappa shape index (κ1) is 40.2. The molecular weight excluding hydrogens is 887 g/mol. The first-order valence-electron chi connectivity index (χ1n) is 25.2. The summed E-state index contributed by atoms with van der Waals surface area (Å²) in [6.45, 7) is 4.80. The van der Waals surface area contributed by atoms with Gasteiger partial charge in [0.05, 0.1) is 5.41 Å². The van der Waals surface area contributed by atoms with Gasteiger partial charge in [0.15, 0.2) is 0 Å². The van der Waals surface area contributed by atoms with Gasteiger partial charge >= 0.3 is 0 Å². The van der Waals surface area contributed by atoms with Crippen molar-refractivity contribution in [3.8, 4) is 44.5 Å². The minimum atomic E-state index is -0.389. The third-order valence-corrected chi connectivity index (χ3v) is 18.0. The Morgan fingerprint density at radius 1 is 0.278 bits per heavy atom. The summed E-state index contributed by atoms with van der Waals surface area (Å²) >= 11 is 1.87. The van der Waals surface area contributed by atoms with Gasteiger partial charge in [0.1, 0.15) is 0 Å². The summed E-state index contributed by atoms with van der Waals surface area (Å²) in [6, 6.07) is 89.7. The van der Waals surface area contributed by atoms with Crippen LogP contribution in [0.5, 0.6) is 0 Å². The lowest BCUT2D eigenvalue weighted by Gasteiger charge is -2.31. The number of fused-ring (bicyclic) bond motifs is 22. The van der Waals surface area contributed by atoms with Crippen molar-refractivity contribution in [2.45, 2.75) is 24.7 Å². The molecule has 336 valence electrons. The van der Waals surface area contributed by atoms with Crippen LogP contribution in [0.2, 0.25) is 0 Å². The Morgan fingerprint density at radius 3 is 1.39 bits per heavy atom. The van der Waals surface area contributed by atoms with Gasteiger partial charge in [0, 0.05) is 42.6 Å². The lowest BCUT2D eigenvalue weighted by Crippen LogP contribution is -2.25. The molecule has 1 spiro atoms. The smallest absolute Gasteiger partial charge is 0.0725 e. The van der Waals surface area contributed by atoms with E-state index in [9.17, 15) is 0 Å². The Kier molecular flexibility index (Phi) is 8.10. The molecule has 2 heteroatoms. The van der Waals surface area contributed by atoms with E-state index in [4.69, 9.17) is 0 Å². The van der Waals surface area contributed by atoms with Crippen molar-refractivity contribution >= 4 is 80.9 Å². The summed E-state index contributed by atoms with van der Waals surface area (Å²) < 4.78 is 2.61. The van der Waals surface area contributed by atoms with Gasteiger partial charge in [-0.05, 0) is 177 Å². The van der Waals surface area contributed by atoms with Gasteiger partial charge in [0.25, 0.3) is 0 Å². The van der Waals surface area contributed by atoms with Crippen LogP contribution in [0.1, 0.15) is 47.2 Å². The van der Waals surface area contributed by atoms with Gasteiger partial charge in [-0.1, -0.05) is 184 Å². The van der Waals surface area contributed by atoms with E-state index >= 15 is 0 Å². The van der Waals surface area contributed by atoms with Crippen molar-refractivity contribution in [2.24, 2.45) is 0 Å². The average molecular weight is 932 g/mol. The van der Waals surface area contributed by atoms with E-state index in [-0.39, 0.29) is 10.8 Å². The van der Waals surface area contributed by atoms with Crippen LogP contribution in [0.3, 0.4) is 0 Å². The number of anilines is 3. The molecule has 0 atom stereocenters. The van der Waals surface area contributed by atoms with E-state index in [1.807, 2.05) is 11.3 Å². The Labute approximate surface area is 422 Å². The molecule has 0 bridgehead atoms. The second-order valence-electron chi connectivity index (χ2n) is 20.7. The molecule has 0 radical (unpaired) electrons. The normalized spacial score (nSPS) is 14.2. The van der Waals surface area contributed by atoms with Gasteiger partial charge in [-0.15, -0.1) is 11.3 Å². The van der Waals surface area contributed by atoms with Crippen molar-refractivity contribution in [3.63, 3.8) is 0 Å². The summed E-state index contributed by atoms with van der Waals surface area (Å²) in [5.41, 5.74) is 21.4. The molecule has 1 heterocycles. The topological polar surface area (TPSA) is 3.24 Å². The monoisotopic (exact) mass is 931 g/mol.